The first kappa shape index (κ1) is 13.0. The summed E-state index contributed by atoms with van der Waals surface area (Å²) < 4.78 is 5.17. The van der Waals surface area contributed by atoms with Gasteiger partial charge in [0.2, 0.25) is 5.91 Å². The first-order valence-corrected chi connectivity index (χ1v) is 5.26. The molecule has 0 aromatic heterocycles. The molecule has 0 aliphatic carbocycles. The molecule has 0 aromatic carbocycles. The summed E-state index contributed by atoms with van der Waals surface area (Å²) in [5.41, 5.74) is 5.50. The summed E-state index contributed by atoms with van der Waals surface area (Å²) in [4.78, 5) is 10.6. The van der Waals surface area contributed by atoms with Crippen LogP contribution in [0.4, 0.5) is 0 Å². The lowest BCUT2D eigenvalue weighted by Crippen LogP contribution is -2.11. The highest BCUT2D eigenvalue weighted by atomic mass is 16.5. The minimum absolute atomic E-state index is 0.420. The predicted molar refractivity (Wildman–Crippen MR) is 57.7 cm³/mol. The molecule has 0 unspecified atom stereocenters. The Morgan fingerprint density at radius 2 is 1.93 bits per heavy atom. The van der Waals surface area contributed by atoms with E-state index in [-0.39, 0.29) is 0 Å². The third kappa shape index (κ3) is 7.65. The monoisotopic (exact) mass is 199 g/mol. The second-order valence-corrected chi connectivity index (χ2v) is 3.45. The minimum Gasteiger partial charge on any atom is -0.501 e. The molecule has 0 atom stereocenters. The largest absolute Gasteiger partial charge is 0.501 e. The van der Waals surface area contributed by atoms with Gasteiger partial charge in [0.1, 0.15) is 0 Å². The van der Waals surface area contributed by atoms with Crippen molar-refractivity contribution in [2.75, 3.05) is 6.61 Å². The van der Waals surface area contributed by atoms with E-state index >= 15 is 0 Å². The summed E-state index contributed by atoms with van der Waals surface area (Å²) in [7, 11) is 0. The highest BCUT2D eigenvalue weighted by Gasteiger charge is 1.95. The van der Waals surface area contributed by atoms with Crippen molar-refractivity contribution in [2.24, 2.45) is 5.73 Å². The van der Waals surface area contributed by atoms with Gasteiger partial charge in [0, 0.05) is 5.57 Å². The first-order chi connectivity index (χ1) is 6.68. The van der Waals surface area contributed by atoms with Gasteiger partial charge in [-0.1, -0.05) is 32.6 Å². The van der Waals surface area contributed by atoms with Crippen LogP contribution < -0.4 is 5.73 Å². The average molecular weight is 199 g/mol. The molecule has 3 nitrogen and oxygen atoms in total. The van der Waals surface area contributed by atoms with Crippen molar-refractivity contribution in [2.45, 2.75) is 46.0 Å². The first-order valence-electron chi connectivity index (χ1n) is 5.26. The van der Waals surface area contributed by atoms with E-state index in [1.807, 2.05) is 0 Å². The van der Waals surface area contributed by atoms with E-state index < -0.39 is 5.91 Å². The van der Waals surface area contributed by atoms with Crippen molar-refractivity contribution in [3.63, 3.8) is 0 Å². The van der Waals surface area contributed by atoms with Crippen LogP contribution in [-0.4, -0.2) is 12.5 Å². The number of hydrogen-bond donors (Lipinski definition) is 1. The van der Waals surface area contributed by atoms with Gasteiger partial charge in [-0.2, -0.15) is 0 Å². The zero-order chi connectivity index (χ0) is 10.8. The summed E-state index contributed by atoms with van der Waals surface area (Å²) in [6.07, 6.45) is 7.48. The molecule has 0 radical (unpaired) electrons. The number of ether oxygens (including phenoxy) is 1. The molecular formula is C11H21NO2. The smallest absolute Gasteiger partial charge is 0.247 e. The van der Waals surface area contributed by atoms with Crippen molar-refractivity contribution < 1.29 is 9.53 Å². The van der Waals surface area contributed by atoms with Crippen LogP contribution in [0.5, 0.6) is 0 Å². The fourth-order valence-corrected chi connectivity index (χ4v) is 1.03. The van der Waals surface area contributed by atoms with Gasteiger partial charge in [-0.15, -0.1) is 0 Å². The lowest BCUT2D eigenvalue weighted by atomic mass is 10.2. The topological polar surface area (TPSA) is 52.3 Å². The molecule has 1 amide bonds. The maximum absolute atomic E-state index is 10.6. The Bertz CT molecular complexity index is 188. The standard InChI is InChI=1S/C11H21NO2/c1-3-4-5-6-7-8-14-9-10(2)11(12)13/h9H,3-8H2,1-2H3,(H2,12,13). The number of carbonyl (C=O) groups excluding carboxylic acids is 1. The van der Waals surface area contributed by atoms with Gasteiger partial charge in [0.15, 0.2) is 0 Å². The summed E-state index contributed by atoms with van der Waals surface area (Å²) in [5, 5.41) is 0. The minimum atomic E-state index is -0.420. The number of amides is 1. The van der Waals surface area contributed by atoms with Crippen LogP contribution in [-0.2, 0) is 9.53 Å². The number of primary amides is 1. The Hall–Kier alpha value is -0.990. The maximum Gasteiger partial charge on any atom is 0.247 e. The molecule has 0 aliphatic heterocycles. The van der Waals surface area contributed by atoms with E-state index in [4.69, 9.17) is 10.5 Å². The van der Waals surface area contributed by atoms with Gasteiger partial charge in [0.25, 0.3) is 0 Å². The van der Waals surface area contributed by atoms with Crippen molar-refractivity contribution >= 4 is 5.91 Å². The van der Waals surface area contributed by atoms with Crippen LogP contribution >= 0.6 is 0 Å². The van der Waals surface area contributed by atoms with Gasteiger partial charge in [0.05, 0.1) is 12.9 Å². The molecule has 3 heteroatoms. The summed E-state index contributed by atoms with van der Waals surface area (Å²) in [6.45, 7) is 4.52. The highest BCUT2D eigenvalue weighted by molar-refractivity contribution is 5.90. The number of rotatable bonds is 8. The number of nitrogens with two attached hydrogens (primary N) is 1. The summed E-state index contributed by atoms with van der Waals surface area (Å²) >= 11 is 0. The van der Waals surface area contributed by atoms with Crippen LogP contribution in [0.15, 0.2) is 11.8 Å². The van der Waals surface area contributed by atoms with Crippen LogP contribution in [0, 0.1) is 0 Å². The molecule has 0 bridgehead atoms. The van der Waals surface area contributed by atoms with E-state index in [0.717, 1.165) is 6.42 Å². The van der Waals surface area contributed by atoms with Crippen molar-refractivity contribution in [1.82, 2.24) is 0 Å². The molecule has 82 valence electrons. The van der Waals surface area contributed by atoms with Crippen LogP contribution in [0.3, 0.4) is 0 Å². The van der Waals surface area contributed by atoms with Crippen LogP contribution in [0.1, 0.15) is 46.0 Å². The van der Waals surface area contributed by atoms with Gasteiger partial charge in [-0.3, -0.25) is 4.79 Å². The SMILES string of the molecule is CCCCCCCOC=C(C)C(N)=O. The quantitative estimate of drug-likeness (QED) is 0.370. The second-order valence-electron chi connectivity index (χ2n) is 3.45. The van der Waals surface area contributed by atoms with Crippen molar-refractivity contribution in [3.05, 3.63) is 11.8 Å². The van der Waals surface area contributed by atoms with Crippen molar-refractivity contribution in [1.29, 1.82) is 0 Å². The maximum atomic E-state index is 10.6. The number of hydrogen-bond acceptors (Lipinski definition) is 2. The Kier molecular flexibility index (Phi) is 7.99. The van der Waals surface area contributed by atoms with E-state index in [9.17, 15) is 4.79 Å². The molecule has 14 heavy (non-hydrogen) atoms. The zero-order valence-electron chi connectivity index (χ0n) is 9.21. The molecule has 0 spiro atoms. The molecule has 0 rings (SSSR count). The molecular weight excluding hydrogens is 178 g/mol. The van der Waals surface area contributed by atoms with Gasteiger partial charge in [-0.05, 0) is 13.3 Å². The molecule has 0 saturated carbocycles. The highest BCUT2D eigenvalue weighted by Crippen LogP contribution is 2.02. The third-order valence-corrected chi connectivity index (χ3v) is 2.01. The van der Waals surface area contributed by atoms with E-state index in [0.29, 0.717) is 12.2 Å². The second kappa shape index (κ2) is 8.60. The van der Waals surface area contributed by atoms with Crippen LogP contribution in [0.2, 0.25) is 0 Å². The Morgan fingerprint density at radius 1 is 1.29 bits per heavy atom. The Labute approximate surface area is 86.3 Å². The average Bonchev–Trinajstić information content (AvgIpc) is 2.16. The summed E-state index contributed by atoms with van der Waals surface area (Å²) in [6, 6.07) is 0. The Balaban J connectivity index is 3.29. The summed E-state index contributed by atoms with van der Waals surface area (Å²) in [5.74, 6) is -0.420. The Morgan fingerprint density at radius 3 is 2.50 bits per heavy atom. The fourth-order valence-electron chi connectivity index (χ4n) is 1.03. The molecule has 0 aromatic rings. The molecule has 0 aliphatic rings. The normalized spacial score (nSPS) is 11.4. The lowest BCUT2D eigenvalue weighted by Gasteiger charge is -2.01. The molecule has 2 N–H and O–H groups in total. The van der Waals surface area contributed by atoms with E-state index in [2.05, 4.69) is 6.92 Å². The predicted octanol–water partition coefficient (Wildman–Crippen LogP) is 2.36. The number of unbranched alkanes of at least 4 members (excludes halogenated alkanes) is 4. The molecule has 0 heterocycles. The fraction of sp³-hybridized carbons (Fsp3) is 0.727. The zero-order valence-corrected chi connectivity index (χ0v) is 9.21. The molecule has 0 saturated heterocycles. The molecule has 0 fully saturated rings. The van der Waals surface area contributed by atoms with Gasteiger partial charge in [-0.25, -0.2) is 0 Å². The third-order valence-electron chi connectivity index (χ3n) is 2.01. The van der Waals surface area contributed by atoms with Crippen molar-refractivity contribution in [3.8, 4) is 0 Å². The van der Waals surface area contributed by atoms with Crippen LogP contribution in [0.25, 0.3) is 0 Å². The van der Waals surface area contributed by atoms with Gasteiger partial charge < -0.3 is 10.5 Å². The van der Waals surface area contributed by atoms with E-state index in [1.165, 1.54) is 31.9 Å². The lowest BCUT2D eigenvalue weighted by molar-refractivity contribution is -0.114. The van der Waals surface area contributed by atoms with E-state index in [1.54, 1.807) is 6.92 Å². The number of carbonyl (C=O) groups is 1. The van der Waals surface area contributed by atoms with Gasteiger partial charge >= 0.3 is 0 Å².